The van der Waals surface area contributed by atoms with Gasteiger partial charge in [-0.2, -0.15) is 0 Å². The van der Waals surface area contributed by atoms with Crippen molar-refractivity contribution in [2.45, 2.75) is 38.0 Å². The first kappa shape index (κ1) is 9.31. The zero-order valence-electron chi connectivity index (χ0n) is 8.03. The highest BCUT2D eigenvalue weighted by Gasteiger charge is 2.22. The van der Waals surface area contributed by atoms with Crippen molar-refractivity contribution in [1.29, 1.82) is 0 Å². The fourth-order valence-electron chi connectivity index (χ4n) is 1.67. The van der Waals surface area contributed by atoms with Gasteiger partial charge in [0.15, 0.2) is 0 Å². The number of aliphatic carboxylic acids is 1. The molecule has 1 aromatic rings. The van der Waals surface area contributed by atoms with Crippen LogP contribution in [0.5, 0.6) is 0 Å². The van der Waals surface area contributed by atoms with E-state index in [4.69, 9.17) is 9.52 Å². The van der Waals surface area contributed by atoms with E-state index in [9.17, 15) is 4.79 Å². The van der Waals surface area contributed by atoms with E-state index in [1.54, 1.807) is 0 Å². The smallest absolute Gasteiger partial charge is 0.303 e. The number of rotatable bonds is 4. The summed E-state index contributed by atoms with van der Waals surface area (Å²) in [5, 5.41) is 8.51. The normalized spacial score (nSPS) is 16.6. The second-order valence-corrected chi connectivity index (χ2v) is 3.83. The molecule has 0 radical (unpaired) electrons. The van der Waals surface area contributed by atoms with Crippen molar-refractivity contribution < 1.29 is 14.3 Å². The van der Waals surface area contributed by atoms with E-state index in [-0.39, 0.29) is 6.42 Å². The molecule has 0 saturated heterocycles. The van der Waals surface area contributed by atoms with Crippen molar-refractivity contribution in [2.75, 3.05) is 0 Å². The third-order valence-electron chi connectivity index (χ3n) is 2.78. The van der Waals surface area contributed by atoms with E-state index in [1.807, 2.05) is 12.1 Å². The molecule has 3 heteroatoms. The lowest BCUT2D eigenvalue weighted by Gasteiger charge is -2.22. The Bertz CT molecular complexity index is 323. The molecule has 14 heavy (non-hydrogen) atoms. The van der Waals surface area contributed by atoms with Crippen molar-refractivity contribution in [3.63, 3.8) is 0 Å². The maximum Gasteiger partial charge on any atom is 0.303 e. The SMILES string of the molecule is O=C(O)CCc1ccc(C2CCC2)o1. The molecule has 3 nitrogen and oxygen atoms in total. The Kier molecular flexibility index (Phi) is 2.57. The highest BCUT2D eigenvalue weighted by Crippen LogP contribution is 2.37. The quantitative estimate of drug-likeness (QED) is 0.801. The molecule has 1 fully saturated rings. The van der Waals surface area contributed by atoms with Crippen LogP contribution in [0.1, 0.15) is 43.1 Å². The third-order valence-corrected chi connectivity index (χ3v) is 2.78. The van der Waals surface area contributed by atoms with Crippen LogP contribution in [0.2, 0.25) is 0 Å². The molecule has 0 amide bonds. The van der Waals surface area contributed by atoms with Crippen molar-refractivity contribution in [3.05, 3.63) is 23.7 Å². The van der Waals surface area contributed by atoms with E-state index in [1.165, 1.54) is 19.3 Å². The second-order valence-electron chi connectivity index (χ2n) is 3.83. The van der Waals surface area contributed by atoms with Crippen molar-refractivity contribution in [1.82, 2.24) is 0 Å². The average Bonchev–Trinajstić information content (AvgIpc) is 2.46. The Morgan fingerprint density at radius 1 is 1.50 bits per heavy atom. The number of furan rings is 1. The zero-order valence-corrected chi connectivity index (χ0v) is 8.03. The first-order valence-electron chi connectivity index (χ1n) is 5.06. The number of hydrogen-bond donors (Lipinski definition) is 1. The summed E-state index contributed by atoms with van der Waals surface area (Å²) in [6, 6.07) is 3.89. The predicted molar refractivity (Wildman–Crippen MR) is 51.3 cm³/mol. The van der Waals surface area contributed by atoms with Gasteiger partial charge in [-0.3, -0.25) is 4.79 Å². The van der Waals surface area contributed by atoms with Crippen LogP contribution in [0.3, 0.4) is 0 Å². The Balaban J connectivity index is 1.92. The van der Waals surface area contributed by atoms with Gasteiger partial charge in [0.25, 0.3) is 0 Å². The molecule has 0 atom stereocenters. The number of carboxylic acid groups (broad SMARTS) is 1. The average molecular weight is 194 g/mol. The van der Waals surface area contributed by atoms with E-state index in [0.29, 0.717) is 12.3 Å². The Hall–Kier alpha value is -1.25. The summed E-state index contributed by atoms with van der Waals surface area (Å²) >= 11 is 0. The van der Waals surface area contributed by atoms with Gasteiger partial charge in [0, 0.05) is 12.3 Å². The molecule has 1 heterocycles. The van der Waals surface area contributed by atoms with Crippen LogP contribution in [0.25, 0.3) is 0 Å². The largest absolute Gasteiger partial charge is 0.481 e. The van der Waals surface area contributed by atoms with Crippen LogP contribution < -0.4 is 0 Å². The van der Waals surface area contributed by atoms with Crippen molar-refractivity contribution in [3.8, 4) is 0 Å². The lowest BCUT2D eigenvalue weighted by atomic mass is 9.84. The Morgan fingerprint density at radius 3 is 2.86 bits per heavy atom. The first-order valence-corrected chi connectivity index (χ1v) is 5.06. The van der Waals surface area contributed by atoms with Gasteiger partial charge >= 0.3 is 5.97 Å². The molecule has 0 spiro atoms. The molecule has 0 bridgehead atoms. The molecule has 1 aromatic heterocycles. The standard InChI is InChI=1S/C11H14O3/c12-11(13)7-5-9-4-6-10(14-9)8-2-1-3-8/h4,6,8H,1-3,5,7H2,(H,12,13). The molecule has 1 N–H and O–H groups in total. The van der Waals surface area contributed by atoms with Gasteiger partial charge < -0.3 is 9.52 Å². The molecule has 2 rings (SSSR count). The Morgan fingerprint density at radius 2 is 2.29 bits per heavy atom. The van der Waals surface area contributed by atoms with Crippen LogP contribution in [-0.2, 0) is 11.2 Å². The second kappa shape index (κ2) is 3.86. The number of aryl methyl sites for hydroxylation is 1. The summed E-state index contributed by atoms with van der Waals surface area (Å²) < 4.78 is 5.57. The lowest BCUT2D eigenvalue weighted by Crippen LogP contribution is -2.07. The highest BCUT2D eigenvalue weighted by molar-refractivity contribution is 5.66. The first-order chi connectivity index (χ1) is 6.75. The van der Waals surface area contributed by atoms with Gasteiger partial charge in [-0.05, 0) is 25.0 Å². The predicted octanol–water partition coefficient (Wildman–Crippen LogP) is 2.56. The van der Waals surface area contributed by atoms with Gasteiger partial charge in [-0.1, -0.05) is 6.42 Å². The van der Waals surface area contributed by atoms with E-state index in [0.717, 1.165) is 11.5 Å². The summed E-state index contributed by atoms with van der Waals surface area (Å²) in [6.07, 6.45) is 4.37. The van der Waals surface area contributed by atoms with Gasteiger partial charge in [0.1, 0.15) is 11.5 Å². The molecular weight excluding hydrogens is 180 g/mol. The van der Waals surface area contributed by atoms with Crippen LogP contribution in [-0.4, -0.2) is 11.1 Å². The monoisotopic (exact) mass is 194 g/mol. The van der Waals surface area contributed by atoms with Crippen LogP contribution in [0.15, 0.2) is 16.5 Å². The van der Waals surface area contributed by atoms with Crippen molar-refractivity contribution >= 4 is 5.97 Å². The molecule has 1 aliphatic rings. The number of carbonyl (C=O) groups is 1. The topological polar surface area (TPSA) is 50.4 Å². The molecule has 1 aliphatic carbocycles. The summed E-state index contributed by atoms with van der Waals surface area (Å²) in [7, 11) is 0. The van der Waals surface area contributed by atoms with Crippen LogP contribution in [0.4, 0.5) is 0 Å². The molecular formula is C11H14O3. The number of hydrogen-bond acceptors (Lipinski definition) is 2. The van der Waals surface area contributed by atoms with Gasteiger partial charge in [-0.15, -0.1) is 0 Å². The van der Waals surface area contributed by atoms with E-state index in [2.05, 4.69) is 0 Å². The van der Waals surface area contributed by atoms with Gasteiger partial charge in [-0.25, -0.2) is 0 Å². The molecule has 76 valence electrons. The summed E-state index contributed by atoms with van der Waals surface area (Å²) in [5.41, 5.74) is 0. The summed E-state index contributed by atoms with van der Waals surface area (Å²) in [4.78, 5) is 10.3. The minimum absolute atomic E-state index is 0.150. The molecule has 1 saturated carbocycles. The highest BCUT2D eigenvalue weighted by atomic mass is 16.4. The third kappa shape index (κ3) is 1.97. The summed E-state index contributed by atoms with van der Waals surface area (Å²) in [6.45, 7) is 0. The van der Waals surface area contributed by atoms with Crippen molar-refractivity contribution in [2.24, 2.45) is 0 Å². The Labute approximate surface area is 82.7 Å². The molecule has 0 unspecified atom stereocenters. The summed E-state index contributed by atoms with van der Waals surface area (Å²) in [5.74, 6) is 1.66. The lowest BCUT2D eigenvalue weighted by molar-refractivity contribution is -0.137. The number of carboxylic acids is 1. The van der Waals surface area contributed by atoms with E-state index < -0.39 is 5.97 Å². The molecule has 0 aromatic carbocycles. The maximum absolute atomic E-state index is 10.3. The fourth-order valence-corrected chi connectivity index (χ4v) is 1.67. The minimum atomic E-state index is -0.772. The molecule has 0 aliphatic heterocycles. The van der Waals surface area contributed by atoms with Gasteiger partial charge in [0.05, 0.1) is 6.42 Å². The zero-order chi connectivity index (χ0) is 9.97. The fraction of sp³-hybridized carbons (Fsp3) is 0.545. The minimum Gasteiger partial charge on any atom is -0.481 e. The van der Waals surface area contributed by atoms with Gasteiger partial charge in [0.2, 0.25) is 0 Å². The maximum atomic E-state index is 10.3. The van der Waals surface area contributed by atoms with Crippen LogP contribution >= 0.6 is 0 Å². The van der Waals surface area contributed by atoms with Crippen LogP contribution in [0, 0.1) is 0 Å². The van der Waals surface area contributed by atoms with E-state index >= 15 is 0 Å².